The molecule has 0 aromatic rings. The second kappa shape index (κ2) is 6.90. The molecule has 1 fully saturated rings. The molecular weight excluding hydrogens is 250 g/mol. The Morgan fingerprint density at radius 3 is 2.40 bits per heavy atom. The zero-order valence-corrected chi connectivity index (χ0v) is 14.1. The van der Waals surface area contributed by atoms with Crippen LogP contribution in [0.15, 0.2) is 0 Å². The average Bonchev–Trinajstić information content (AvgIpc) is 2.31. The molecular formula is C16H33N3O. The van der Waals surface area contributed by atoms with Gasteiger partial charge in [-0.05, 0) is 58.9 Å². The standard InChI is InChI=1S/C16H33N3O/c1-11(2)18-16(6,15(17)20)9-14(5)19-8-7-12(3)13(4)10-19/h11-14,18H,7-10H2,1-6H3,(H2,17,20). The molecule has 0 saturated carbocycles. The number of nitrogens with two attached hydrogens (primary N) is 1. The van der Waals surface area contributed by atoms with E-state index in [2.05, 4.69) is 44.8 Å². The first-order valence-corrected chi connectivity index (χ1v) is 7.97. The topological polar surface area (TPSA) is 58.4 Å². The van der Waals surface area contributed by atoms with Crippen LogP contribution in [0.5, 0.6) is 0 Å². The molecule has 0 radical (unpaired) electrons. The molecule has 1 heterocycles. The monoisotopic (exact) mass is 283 g/mol. The number of nitrogens with zero attached hydrogens (tertiary/aromatic N) is 1. The van der Waals surface area contributed by atoms with Crippen molar-refractivity contribution in [3.05, 3.63) is 0 Å². The molecule has 0 aromatic carbocycles. The van der Waals surface area contributed by atoms with Gasteiger partial charge in [0.1, 0.15) is 0 Å². The van der Waals surface area contributed by atoms with Gasteiger partial charge in [0.05, 0.1) is 5.54 Å². The number of hydrogen-bond acceptors (Lipinski definition) is 3. The molecule has 1 saturated heterocycles. The van der Waals surface area contributed by atoms with Gasteiger partial charge in [-0.2, -0.15) is 0 Å². The fourth-order valence-electron chi connectivity index (χ4n) is 3.28. The van der Waals surface area contributed by atoms with Crippen LogP contribution >= 0.6 is 0 Å². The van der Waals surface area contributed by atoms with Gasteiger partial charge in [0.25, 0.3) is 0 Å². The molecule has 1 aliphatic heterocycles. The number of amides is 1. The van der Waals surface area contributed by atoms with Gasteiger partial charge in [-0.15, -0.1) is 0 Å². The van der Waals surface area contributed by atoms with Crippen molar-refractivity contribution in [1.29, 1.82) is 0 Å². The predicted molar refractivity (Wildman–Crippen MR) is 84.5 cm³/mol. The third kappa shape index (κ3) is 4.45. The summed E-state index contributed by atoms with van der Waals surface area (Å²) in [7, 11) is 0. The van der Waals surface area contributed by atoms with Crippen LogP contribution < -0.4 is 11.1 Å². The number of hydrogen-bond donors (Lipinski definition) is 2. The number of rotatable bonds is 6. The predicted octanol–water partition coefficient (Wildman–Crippen LogP) is 1.98. The van der Waals surface area contributed by atoms with E-state index in [1.165, 1.54) is 6.42 Å². The van der Waals surface area contributed by atoms with Gasteiger partial charge in [-0.25, -0.2) is 0 Å². The second-order valence-corrected chi connectivity index (χ2v) is 7.29. The zero-order valence-electron chi connectivity index (χ0n) is 14.1. The van der Waals surface area contributed by atoms with Gasteiger partial charge in [0, 0.05) is 18.6 Å². The lowest BCUT2D eigenvalue weighted by atomic mass is 9.85. The minimum absolute atomic E-state index is 0.250. The van der Waals surface area contributed by atoms with Gasteiger partial charge >= 0.3 is 0 Å². The number of carbonyl (C=O) groups excluding carboxylic acids is 1. The molecule has 0 aromatic heterocycles. The number of piperidine rings is 1. The summed E-state index contributed by atoms with van der Waals surface area (Å²) in [5.74, 6) is 1.27. The molecule has 4 heteroatoms. The third-order valence-corrected chi connectivity index (χ3v) is 4.84. The Hall–Kier alpha value is -0.610. The van der Waals surface area contributed by atoms with E-state index in [1.807, 2.05) is 6.92 Å². The van der Waals surface area contributed by atoms with E-state index in [9.17, 15) is 4.79 Å². The molecule has 118 valence electrons. The van der Waals surface area contributed by atoms with Crippen LogP contribution in [0.4, 0.5) is 0 Å². The normalized spacial score (nSPS) is 29.1. The molecule has 20 heavy (non-hydrogen) atoms. The third-order valence-electron chi connectivity index (χ3n) is 4.84. The Morgan fingerprint density at radius 1 is 1.35 bits per heavy atom. The maximum Gasteiger partial charge on any atom is 0.237 e. The van der Waals surface area contributed by atoms with Crippen LogP contribution in [-0.2, 0) is 4.79 Å². The average molecular weight is 283 g/mol. The van der Waals surface area contributed by atoms with E-state index < -0.39 is 5.54 Å². The molecule has 4 atom stereocenters. The van der Waals surface area contributed by atoms with Gasteiger partial charge in [-0.3, -0.25) is 4.79 Å². The van der Waals surface area contributed by atoms with Crippen LogP contribution in [-0.4, -0.2) is 41.5 Å². The van der Waals surface area contributed by atoms with Crippen molar-refractivity contribution < 1.29 is 4.79 Å². The minimum atomic E-state index is -0.625. The Labute approximate surface area is 124 Å². The minimum Gasteiger partial charge on any atom is -0.368 e. The molecule has 1 rings (SSSR count). The smallest absolute Gasteiger partial charge is 0.237 e. The second-order valence-electron chi connectivity index (χ2n) is 7.29. The Morgan fingerprint density at radius 2 is 1.95 bits per heavy atom. The lowest BCUT2D eigenvalue weighted by molar-refractivity contribution is -0.125. The van der Waals surface area contributed by atoms with Crippen LogP contribution in [0, 0.1) is 11.8 Å². The Bertz CT molecular complexity index is 332. The molecule has 4 nitrogen and oxygen atoms in total. The summed E-state index contributed by atoms with van der Waals surface area (Å²) in [6.45, 7) is 15.2. The molecule has 4 unspecified atom stereocenters. The van der Waals surface area contributed by atoms with Crippen LogP contribution in [0.25, 0.3) is 0 Å². The Kier molecular flexibility index (Phi) is 6.02. The van der Waals surface area contributed by atoms with Gasteiger partial charge in [-0.1, -0.05) is 13.8 Å². The van der Waals surface area contributed by atoms with Crippen LogP contribution in [0.3, 0.4) is 0 Å². The van der Waals surface area contributed by atoms with Crippen molar-refractivity contribution in [2.24, 2.45) is 17.6 Å². The van der Waals surface area contributed by atoms with Crippen molar-refractivity contribution in [2.75, 3.05) is 13.1 Å². The SMILES string of the molecule is CC(C)NC(C)(CC(C)N1CCC(C)C(C)C1)C(N)=O. The summed E-state index contributed by atoms with van der Waals surface area (Å²) in [6, 6.07) is 0.619. The van der Waals surface area contributed by atoms with E-state index in [0.29, 0.717) is 6.04 Å². The van der Waals surface area contributed by atoms with Crippen molar-refractivity contribution >= 4 is 5.91 Å². The maximum absolute atomic E-state index is 11.8. The summed E-state index contributed by atoms with van der Waals surface area (Å²) >= 11 is 0. The molecule has 1 amide bonds. The van der Waals surface area contributed by atoms with E-state index in [-0.39, 0.29) is 11.9 Å². The fourth-order valence-corrected chi connectivity index (χ4v) is 3.28. The first-order chi connectivity index (χ1) is 9.15. The summed E-state index contributed by atoms with van der Waals surface area (Å²) in [4.78, 5) is 14.3. The molecule has 0 aliphatic carbocycles. The van der Waals surface area contributed by atoms with Crippen molar-refractivity contribution in [2.45, 2.75) is 72.0 Å². The van der Waals surface area contributed by atoms with E-state index in [0.717, 1.165) is 31.3 Å². The number of likely N-dealkylation sites (tertiary alicyclic amines) is 1. The molecule has 0 spiro atoms. The molecule has 1 aliphatic rings. The van der Waals surface area contributed by atoms with Gasteiger partial charge in [0.2, 0.25) is 5.91 Å². The lowest BCUT2D eigenvalue weighted by Gasteiger charge is -2.42. The number of primary amides is 1. The largest absolute Gasteiger partial charge is 0.368 e. The van der Waals surface area contributed by atoms with Crippen molar-refractivity contribution in [1.82, 2.24) is 10.2 Å². The Balaban J connectivity index is 2.67. The first kappa shape index (κ1) is 17.4. The van der Waals surface area contributed by atoms with E-state index in [1.54, 1.807) is 0 Å². The van der Waals surface area contributed by atoms with Crippen LogP contribution in [0.2, 0.25) is 0 Å². The highest BCUT2D eigenvalue weighted by Crippen LogP contribution is 2.26. The highest BCUT2D eigenvalue weighted by molar-refractivity contribution is 5.84. The maximum atomic E-state index is 11.8. The molecule has 0 bridgehead atoms. The van der Waals surface area contributed by atoms with E-state index >= 15 is 0 Å². The van der Waals surface area contributed by atoms with Crippen LogP contribution in [0.1, 0.15) is 54.4 Å². The van der Waals surface area contributed by atoms with Gasteiger partial charge < -0.3 is 16.0 Å². The first-order valence-electron chi connectivity index (χ1n) is 7.97. The lowest BCUT2D eigenvalue weighted by Crippen LogP contribution is -2.58. The highest BCUT2D eigenvalue weighted by atomic mass is 16.1. The number of nitrogens with one attached hydrogen (secondary N) is 1. The number of carbonyl (C=O) groups is 1. The zero-order chi connectivity index (χ0) is 15.5. The highest BCUT2D eigenvalue weighted by Gasteiger charge is 2.36. The summed E-state index contributed by atoms with van der Waals surface area (Å²) in [5, 5.41) is 3.34. The van der Waals surface area contributed by atoms with Gasteiger partial charge in [0.15, 0.2) is 0 Å². The quantitative estimate of drug-likeness (QED) is 0.784. The summed E-state index contributed by atoms with van der Waals surface area (Å²) in [6.07, 6.45) is 2.01. The van der Waals surface area contributed by atoms with Crippen molar-refractivity contribution in [3.63, 3.8) is 0 Å². The van der Waals surface area contributed by atoms with Crippen molar-refractivity contribution in [3.8, 4) is 0 Å². The molecule has 3 N–H and O–H groups in total. The summed E-state index contributed by atoms with van der Waals surface area (Å²) < 4.78 is 0. The summed E-state index contributed by atoms with van der Waals surface area (Å²) in [5.41, 5.74) is 5.00. The van der Waals surface area contributed by atoms with E-state index in [4.69, 9.17) is 5.73 Å². The fraction of sp³-hybridized carbons (Fsp3) is 0.938.